The average Bonchev–Trinajstić information content (AvgIpc) is 2.63. The number of thioether (sulfide) groups is 1. The lowest BCUT2D eigenvalue weighted by Crippen LogP contribution is -2.46. The summed E-state index contributed by atoms with van der Waals surface area (Å²) in [6.45, 7) is 1.82. The van der Waals surface area contributed by atoms with Crippen LogP contribution in [0.5, 0.6) is 0 Å². The number of likely N-dealkylation sites (N-methyl/N-ethyl adjacent to an activating group) is 1. The summed E-state index contributed by atoms with van der Waals surface area (Å²) >= 11 is 1.64. The first kappa shape index (κ1) is 11.4. The SMILES string of the molecule is CCC(=O)N1CSC[C@@H]1C(=O)N(C)C. The van der Waals surface area contributed by atoms with Gasteiger partial charge in [-0.1, -0.05) is 6.92 Å². The van der Waals surface area contributed by atoms with Gasteiger partial charge in [0.2, 0.25) is 11.8 Å². The third kappa shape index (κ3) is 2.20. The van der Waals surface area contributed by atoms with E-state index in [2.05, 4.69) is 0 Å². The van der Waals surface area contributed by atoms with Crippen LogP contribution >= 0.6 is 11.8 Å². The lowest BCUT2D eigenvalue weighted by atomic mass is 10.2. The van der Waals surface area contributed by atoms with E-state index in [1.165, 1.54) is 0 Å². The van der Waals surface area contributed by atoms with Gasteiger partial charge in [0.05, 0.1) is 5.88 Å². The van der Waals surface area contributed by atoms with Gasteiger partial charge in [-0.2, -0.15) is 0 Å². The number of amides is 2. The van der Waals surface area contributed by atoms with E-state index in [0.29, 0.717) is 12.3 Å². The molecule has 1 rings (SSSR count). The molecule has 1 saturated heterocycles. The first-order chi connectivity index (χ1) is 6.57. The Bertz CT molecular complexity index is 243. The number of carbonyl (C=O) groups excluding carboxylic acids is 2. The Kier molecular flexibility index (Phi) is 3.80. The summed E-state index contributed by atoms with van der Waals surface area (Å²) in [4.78, 5) is 26.4. The van der Waals surface area contributed by atoms with E-state index in [9.17, 15) is 9.59 Å². The molecule has 0 aromatic rings. The Morgan fingerprint density at radius 3 is 2.64 bits per heavy atom. The molecule has 1 aliphatic rings. The molecule has 0 spiro atoms. The summed E-state index contributed by atoms with van der Waals surface area (Å²) in [5.41, 5.74) is 0. The average molecular weight is 216 g/mol. The van der Waals surface area contributed by atoms with Gasteiger partial charge < -0.3 is 9.80 Å². The van der Waals surface area contributed by atoms with E-state index < -0.39 is 0 Å². The van der Waals surface area contributed by atoms with Gasteiger partial charge in [-0.05, 0) is 0 Å². The Hall–Kier alpha value is -0.710. The lowest BCUT2D eigenvalue weighted by Gasteiger charge is -2.24. The van der Waals surface area contributed by atoms with Crippen LogP contribution in [0.3, 0.4) is 0 Å². The highest BCUT2D eigenvalue weighted by Gasteiger charge is 2.34. The fraction of sp³-hybridized carbons (Fsp3) is 0.778. The molecule has 4 nitrogen and oxygen atoms in total. The monoisotopic (exact) mass is 216 g/mol. The number of carbonyl (C=O) groups is 2. The van der Waals surface area contributed by atoms with E-state index in [-0.39, 0.29) is 17.9 Å². The lowest BCUT2D eigenvalue weighted by molar-refractivity contribution is -0.141. The van der Waals surface area contributed by atoms with Crippen LogP contribution in [-0.4, -0.2) is 53.4 Å². The zero-order valence-electron chi connectivity index (χ0n) is 8.82. The molecular weight excluding hydrogens is 200 g/mol. The second kappa shape index (κ2) is 4.68. The van der Waals surface area contributed by atoms with Crippen molar-refractivity contribution in [3.8, 4) is 0 Å². The second-order valence-corrected chi connectivity index (χ2v) is 4.47. The Balaban J connectivity index is 2.68. The molecule has 80 valence electrons. The quantitative estimate of drug-likeness (QED) is 0.670. The highest BCUT2D eigenvalue weighted by atomic mass is 32.2. The van der Waals surface area contributed by atoms with E-state index in [4.69, 9.17) is 0 Å². The van der Waals surface area contributed by atoms with Crippen LogP contribution in [0.4, 0.5) is 0 Å². The summed E-state index contributed by atoms with van der Waals surface area (Å²) in [7, 11) is 3.44. The van der Waals surface area contributed by atoms with Crippen molar-refractivity contribution < 1.29 is 9.59 Å². The molecule has 0 aromatic carbocycles. The van der Waals surface area contributed by atoms with Gasteiger partial charge in [-0.15, -0.1) is 11.8 Å². The van der Waals surface area contributed by atoms with Crippen molar-refractivity contribution in [2.45, 2.75) is 19.4 Å². The highest BCUT2D eigenvalue weighted by Crippen LogP contribution is 2.22. The number of nitrogens with zero attached hydrogens (tertiary/aromatic N) is 2. The van der Waals surface area contributed by atoms with Crippen LogP contribution in [0.2, 0.25) is 0 Å². The summed E-state index contributed by atoms with van der Waals surface area (Å²) in [6.07, 6.45) is 0.470. The Morgan fingerprint density at radius 1 is 1.50 bits per heavy atom. The van der Waals surface area contributed by atoms with Crippen LogP contribution in [0.1, 0.15) is 13.3 Å². The van der Waals surface area contributed by atoms with Gasteiger partial charge in [0.25, 0.3) is 0 Å². The molecule has 2 amide bonds. The number of hydrogen-bond acceptors (Lipinski definition) is 3. The minimum Gasteiger partial charge on any atom is -0.347 e. The molecule has 14 heavy (non-hydrogen) atoms. The molecule has 1 atom stereocenters. The molecule has 1 aliphatic heterocycles. The van der Waals surface area contributed by atoms with Crippen molar-refractivity contribution in [1.82, 2.24) is 9.80 Å². The number of hydrogen-bond donors (Lipinski definition) is 0. The van der Waals surface area contributed by atoms with Crippen LogP contribution < -0.4 is 0 Å². The largest absolute Gasteiger partial charge is 0.347 e. The topological polar surface area (TPSA) is 40.6 Å². The van der Waals surface area contributed by atoms with Gasteiger partial charge in [0.1, 0.15) is 6.04 Å². The van der Waals surface area contributed by atoms with Crippen LogP contribution in [0.15, 0.2) is 0 Å². The van der Waals surface area contributed by atoms with Crippen LogP contribution in [0, 0.1) is 0 Å². The van der Waals surface area contributed by atoms with Gasteiger partial charge in [0, 0.05) is 26.3 Å². The standard InChI is InChI=1S/C9H16N2O2S/c1-4-8(12)11-6-14-5-7(11)9(13)10(2)3/h7H,4-6H2,1-3H3/t7-/m1/s1. The summed E-state index contributed by atoms with van der Waals surface area (Å²) in [5.74, 6) is 1.46. The van der Waals surface area contributed by atoms with Gasteiger partial charge in [-0.3, -0.25) is 9.59 Å². The number of rotatable bonds is 2. The fourth-order valence-corrected chi connectivity index (χ4v) is 2.57. The summed E-state index contributed by atoms with van der Waals surface area (Å²) in [6, 6.07) is -0.248. The minimum atomic E-state index is -0.248. The summed E-state index contributed by atoms with van der Waals surface area (Å²) < 4.78 is 0. The van der Waals surface area contributed by atoms with E-state index in [0.717, 1.165) is 5.75 Å². The zero-order chi connectivity index (χ0) is 10.7. The second-order valence-electron chi connectivity index (χ2n) is 3.47. The smallest absolute Gasteiger partial charge is 0.245 e. The molecule has 0 aliphatic carbocycles. The van der Waals surface area contributed by atoms with E-state index in [1.807, 2.05) is 6.92 Å². The molecule has 0 saturated carbocycles. The first-order valence-corrected chi connectivity index (χ1v) is 5.81. The normalized spacial score (nSPS) is 21.1. The van der Waals surface area contributed by atoms with Gasteiger partial charge in [0.15, 0.2) is 0 Å². The van der Waals surface area contributed by atoms with Crippen molar-refractivity contribution in [2.24, 2.45) is 0 Å². The minimum absolute atomic E-state index is 0.0248. The maximum atomic E-state index is 11.7. The third-order valence-corrected chi connectivity index (χ3v) is 3.24. The molecule has 0 unspecified atom stereocenters. The Morgan fingerprint density at radius 2 is 2.14 bits per heavy atom. The fourth-order valence-electron chi connectivity index (χ4n) is 1.39. The van der Waals surface area contributed by atoms with Crippen molar-refractivity contribution in [3.05, 3.63) is 0 Å². The molecule has 0 radical (unpaired) electrons. The zero-order valence-corrected chi connectivity index (χ0v) is 9.63. The molecule has 1 fully saturated rings. The van der Waals surface area contributed by atoms with E-state index >= 15 is 0 Å². The third-order valence-electron chi connectivity index (χ3n) is 2.23. The van der Waals surface area contributed by atoms with Crippen LogP contribution in [0.25, 0.3) is 0 Å². The Labute approximate surface area is 88.6 Å². The molecular formula is C9H16N2O2S. The molecule has 5 heteroatoms. The maximum absolute atomic E-state index is 11.7. The van der Waals surface area contributed by atoms with Gasteiger partial charge in [-0.25, -0.2) is 0 Å². The summed E-state index contributed by atoms with van der Waals surface area (Å²) in [5, 5.41) is 0. The van der Waals surface area contributed by atoms with Crippen molar-refractivity contribution in [1.29, 1.82) is 0 Å². The van der Waals surface area contributed by atoms with Crippen LogP contribution in [-0.2, 0) is 9.59 Å². The van der Waals surface area contributed by atoms with Crippen molar-refractivity contribution in [3.63, 3.8) is 0 Å². The van der Waals surface area contributed by atoms with Crippen molar-refractivity contribution in [2.75, 3.05) is 25.7 Å². The molecule has 0 bridgehead atoms. The molecule has 1 heterocycles. The van der Waals surface area contributed by atoms with Gasteiger partial charge >= 0.3 is 0 Å². The maximum Gasteiger partial charge on any atom is 0.245 e. The first-order valence-electron chi connectivity index (χ1n) is 4.66. The predicted molar refractivity (Wildman–Crippen MR) is 56.9 cm³/mol. The molecule has 0 aromatic heterocycles. The highest BCUT2D eigenvalue weighted by molar-refractivity contribution is 7.99. The molecule has 0 N–H and O–H groups in total. The predicted octanol–water partition coefficient (Wildman–Crippen LogP) is 0.386. The van der Waals surface area contributed by atoms with E-state index in [1.54, 1.807) is 35.7 Å². The van der Waals surface area contributed by atoms with Crippen molar-refractivity contribution >= 4 is 23.6 Å².